The maximum Gasteiger partial charge on any atom is 0.266 e. The maximum absolute atomic E-state index is 12.6. The van der Waals surface area contributed by atoms with Gasteiger partial charge in [0, 0.05) is 17.4 Å². The number of amides is 1. The average Bonchev–Trinajstić information content (AvgIpc) is 3.10. The normalized spacial score (nSPS) is 11.1. The quantitative estimate of drug-likeness (QED) is 0.534. The Hall–Kier alpha value is -3.65. The van der Waals surface area contributed by atoms with E-state index in [1.807, 2.05) is 75.5 Å². The van der Waals surface area contributed by atoms with Crippen LogP contribution in [0.2, 0.25) is 0 Å². The number of hydrogen-bond acceptors (Lipinski definition) is 3. The van der Waals surface area contributed by atoms with Crippen molar-refractivity contribution in [1.82, 2.24) is 9.78 Å². The summed E-state index contributed by atoms with van der Waals surface area (Å²) in [5.41, 5.74) is 5.70. The molecule has 0 aliphatic heterocycles. The van der Waals surface area contributed by atoms with Crippen LogP contribution in [0.25, 0.3) is 6.08 Å². The predicted octanol–water partition coefficient (Wildman–Crippen LogP) is 4.40. The summed E-state index contributed by atoms with van der Waals surface area (Å²) in [7, 11) is 0. The van der Waals surface area contributed by atoms with Crippen molar-refractivity contribution in [2.75, 3.05) is 5.32 Å². The van der Waals surface area contributed by atoms with Crippen molar-refractivity contribution < 1.29 is 4.79 Å². The molecular formula is C23H22N4O. The predicted molar refractivity (Wildman–Crippen MR) is 111 cm³/mol. The Labute approximate surface area is 164 Å². The summed E-state index contributed by atoms with van der Waals surface area (Å²) in [5, 5.41) is 16.6. The van der Waals surface area contributed by atoms with E-state index < -0.39 is 5.91 Å². The first-order valence-corrected chi connectivity index (χ1v) is 9.03. The Morgan fingerprint density at radius 2 is 1.86 bits per heavy atom. The number of anilines is 1. The third-order valence-corrected chi connectivity index (χ3v) is 4.43. The number of benzene rings is 2. The van der Waals surface area contributed by atoms with Crippen molar-refractivity contribution in [2.45, 2.75) is 27.3 Å². The maximum atomic E-state index is 12.6. The second-order valence-corrected chi connectivity index (χ2v) is 6.85. The van der Waals surface area contributed by atoms with Gasteiger partial charge in [0.25, 0.3) is 5.91 Å². The van der Waals surface area contributed by atoms with E-state index in [1.165, 1.54) is 0 Å². The molecule has 0 spiro atoms. The lowest BCUT2D eigenvalue weighted by molar-refractivity contribution is -0.112. The van der Waals surface area contributed by atoms with Gasteiger partial charge in [0.2, 0.25) is 0 Å². The molecular weight excluding hydrogens is 348 g/mol. The van der Waals surface area contributed by atoms with Gasteiger partial charge in [0.15, 0.2) is 0 Å². The van der Waals surface area contributed by atoms with Crippen molar-refractivity contribution in [3.8, 4) is 6.07 Å². The van der Waals surface area contributed by atoms with E-state index in [1.54, 1.807) is 17.0 Å². The lowest BCUT2D eigenvalue weighted by Crippen LogP contribution is -2.15. The van der Waals surface area contributed by atoms with Gasteiger partial charge in [-0.25, -0.2) is 0 Å². The minimum atomic E-state index is -0.423. The summed E-state index contributed by atoms with van der Waals surface area (Å²) in [6, 6.07) is 16.0. The smallest absolute Gasteiger partial charge is 0.266 e. The number of nitrogens with one attached hydrogen (secondary N) is 1. The van der Waals surface area contributed by atoms with Crippen LogP contribution < -0.4 is 5.32 Å². The lowest BCUT2D eigenvalue weighted by atomic mass is 10.0. The third kappa shape index (κ3) is 4.54. The van der Waals surface area contributed by atoms with E-state index in [9.17, 15) is 10.1 Å². The summed E-state index contributed by atoms with van der Waals surface area (Å²) in [6.07, 6.45) is 5.03. The van der Waals surface area contributed by atoms with Crippen molar-refractivity contribution in [2.24, 2.45) is 0 Å². The highest BCUT2D eigenvalue weighted by Gasteiger charge is 2.13. The number of rotatable bonds is 5. The molecule has 0 atom stereocenters. The van der Waals surface area contributed by atoms with Crippen LogP contribution in [0.4, 0.5) is 5.69 Å². The monoisotopic (exact) mass is 370 g/mol. The molecule has 1 heterocycles. The van der Waals surface area contributed by atoms with E-state index in [0.717, 1.165) is 27.9 Å². The Bertz CT molecular complexity index is 1050. The zero-order valence-electron chi connectivity index (χ0n) is 16.2. The molecule has 0 aliphatic carbocycles. The molecule has 1 aromatic heterocycles. The number of nitriles is 1. The largest absolute Gasteiger partial charge is 0.321 e. The van der Waals surface area contributed by atoms with E-state index in [-0.39, 0.29) is 5.57 Å². The lowest BCUT2D eigenvalue weighted by Gasteiger charge is -2.12. The highest BCUT2D eigenvalue weighted by Crippen LogP contribution is 2.22. The zero-order valence-corrected chi connectivity index (χ0v) is 16.2. The Morgan fingerprint density at radius 1 is 1.18 bits per heavy atom. The second kappa shape index (κ2) is 8.36. The number of carbonyl (C=O) groups is 1. The van der Waals surface area contributed by atoms with Crippen LogP contribution in [0.1, 0.15) is 27.8 Å². The van der Waals surface area contributed by atoms with Crippen molar-refractivity contribution >= 4 is 17.7 Å². The van der Waals surface area contributed by atoms with Crippen LogP contribution in [-0.4, -0.2) is 15.7 Å². The molecule has 0 bridgehead atoms. The topological polar surface area (TPSA) is 70.7 Å². The molecule has 2 aromatic carbocycles. The average molecular weight is 370 g/mol. The molecule has 0 saturated carbocycles. The number of hydrogen-bond donors (Lipinski definition) is 1. The number of aromatic nitrogens is 2. The SMILES string of the molecule is Cc1cc(C)c(NC(=O)/C(C#N)=C/c2cnn(Cc3ccccc3)c2)c(C)c1. The van der Waals surface area contributed by atoms with Crippen LogP contribution in [0.5, 0.6) is 0 Å². The first-order chi connectivity index (χ1) is 13.5. The number of aryl methyl sites for hydroxylation is 3. The Morgan fingerprint density at radius 3 is 2.50 bits per heavy atom. The van der Waals surface area contributed by atoms with E-state index >= 15 is 0 Å². The first-order valence-electron chi connectivity index (χ1n) is 9.03. The highest BCUT2D eigenvalue weighted by atomic mass is 16.1. The van der Waals surface area contributed by atoms with Gasteiger partial charge < -0.3 is 5.32 Å². The van der Waals surface area contributed by atoms with Gasteiger partial charge in [0.1, 0.15) is 11.6 Å². The van der Waals surface area contributed by atoms with Gasteiger partial charge in [-0.15, -0.1) is 0 Å². The van der Waals surface area contributed by atoms with Gasteiger partial charge >= 0.3 is 0 Å². The fourth-order valence-corrected chi connectivity index (χ4v) is 3.18. The molecule has 5 nitrogen and oxygen atoms in total. The fraction of sp³-hybridized carbons (Fsp3) is 0.174. The molecule has 1 amide bonds. The van der Waals surface area contributed by atoms with Gasteiger partial charge in [0.05, 0.1) is 12.7 Å². The summed E-state index contributed by atoms with van der Waals surface area (Å²) < 4.78 is 1.78. The van der Waals surface area contributed by atoms with Gasteiger partial charge in [-0.2, -0.15) is 10.4 Å². The van der Waals surface area contributed by atoms with Crippen LogP contribution in [0, 0.1) is 32.1 Å². The third-order valence-electron chi connectivity index (χ3n) is 4.43. The molecule has 1 N–H and O–H groups in total. The summed E-state index contributed by atoms with van der Waals surface area (Å²) >= 11 is 0. The fourth-order valence-electron chi connectivity index (χ4n) is 3.18. The summed E-state index contributed by atoms with van der Waals surface area (Å²) in [5.74, 6) is -0.423. The van der Waals surface area contributed by atoms with Crippen LogP contribution >= 0.6 is 0 Å². The molecule has 0 saturated heterocycles. The summed E-state index contributed by atoms with van der Waals surface area (Å²) in [6.45, 7) is 6.53. The van der Waals surface area contributed by atoms with Crippen molar-refractivity contribution in [3.05, 3.63) is 88.2 Å². The minimum absolute atomic E-state index is 0.0404. The molecule has 0 unspecified atom stereocenters. The van der Waals surface area contributed by atoms with E-state index in [0.29, 0.717) is 12.1 Å². The Kier molecular flexibility index (Phi) is 5.71. The minimum Gasteiger partial charge on any atom is -0.321 e. The van der Waals surface area contributed by atoms with Gasteiger partial charge in [-0.05, 0) is 43.5 Å². The van der Waals surface area contributed by atoms with Gasteiger partial charge in [-0.3, -0.25) is 9.48 Å². The van der Waals surface area contributed by atoms with Crippen LogP contribution in [0.3, 0.4) is 0 Å². The van der Waals surface area contributed by atoms with Gasteiger partial charge in [-0.1, -0.05) is 48.0 Å². The molecule has 5 heteroatoms. The first kappa shape index (κ1) is 19.1. The molecule has 3 aromatic rings. The standard InChI is InChI=1S/C23H22N4O/c1-16-9-17(2)22(18(3)10-16)26-23(28)21(12-24)11-20-13-25-27(15-20)14-19-7-5-4-6-8-19/h4-11,13,15H,14H2,1-3H3,(H,26,28)/b21-11+. The molecule has 3 rings (SSSR count). The van der Waals surface area contributed by atoms with E-state index in [2.05, 4.69) is 10.4 Å². The molecule has 0 fully saturated rings. The molecule has 0 radical (unpaired) electrons. The van der Waals surface area contributed by atoms with Crippen molar-refractivity contribution in [3.63, 3.8) is 0 Å². The van der Waals surface area contributed by atoms with Crippen LogP contribution in [0.15, 0.2) is 60.4 Å². The summed E-state index contributed by atoms with van der Waals surface area (Å²) in [4.78, 5) is 12.6. The number of carbonyl (C=O) groups excluding carboxylic acids is 1. The zero-order chi connectivity index (χ0) is 20.1. The molecule has 28 heavy (non-hydrogen) atoms. The number of nitrogens with zero attached hydrogens (tertiary/aromatic N) is 3. The molecule has 140 valence electrons. The second-order valence-electron chi connectivity index (χ2n) is 6.85. The van der Waals surface area contributed by atoms with E-state index in [4.69, 9.17) is 0 Å². The highest BCUT2D eigenvalue weighted by molar-refractivity contribution is 6.10. The van der Waals surface area contributed by atoms with Crippen molar-refractivity contribution in [1.29, 1.82) is 5.26 Å². The van der Waals surface area contributed by atoms with Crippen LogP contribution in [-0.2, 0) is 11.3 Å². The Balaban J connectivity index is 1.77. The molecule has 0 aliphatic rings.